The molecule has 0 fully saturated rings. The van der Waals surface area contributed by atoms with Crippen LogP contribution in [0.3, 0.4) is 0 Å². The molecule has 0 aliphatic rings. The highest BCUT2D eigenvalue weighted by atomic mass is 35.5. The number of aromatic nitrogens is 3. The molecule has 0 aliphatic heterocycles. The van der Waals surface area contributed by atoms with Gasteiger partial charge in [0.1, 0.15) is 5.75 Å². The van der Waals surface area contributed by atoms with Crippen LogP contribution in [0.1, 0.15) is 11.1 Å². The number of hydrogen-bond donors (Lipinski definition) is 0. The van der Waals surface area contributed by atoms with Gasteiger partial charge in [-0.25, -0.2) is 4.98 Å². The number of imidazole rings is 1. The molecule has 6 heteroatoms. The lowest BCUT2D eigenvalue weighted by atomic mass is 10.2. The summed E-state index contributed by atoms with van der Waals surface area (Å²) < 4.78 is 7.52. The number of benzene rings is 2. The maximum atomic E-state index is 6.02. The van der Waals surface area contributed by atoms with Gasteiger partial charge in [0.2, 0.25) is 0 Å². The molecule has 0 N–H and O–H groups in total. The van der Waals surface area contributed by atoms with E-state index < -0.39 is 0 Å². The Labute approximate surface area is 167 Å². The van der Waals surface area contributed by atoms with Crippen LogP contribution in [0.2, 0.25) is 5.02 Å². The third kappa shape index (κ3) is 4.10. The summed E-state index contributed by atoms with van der Waals surface area (Å²) in [6.45, 7) is 0.722. The number of hydrogen-bond acceptors (Lipinski definition) is 4. The van der Waals surface area contributed by atoms with E-state index in [4.69, 9.17) is 21.3 Å². The zero-order chi connectivity index (χ0) is 18.6. The Hall–Kier alpha value is -2.50. The first-order valence-electron chi connectivity index (χ1n) is 8.53. The number of methoxy groups -OCH3 is 1. The van der Waals surface area contributed by atoms with Gasteiger partial charge in [0, 0.05) is 17.0 Å². The molecule has 0 bridgehead atoms. The third-order valence-electron chi connectivity index (χ3n) is 4.27. The summed E-state index contributed by atoms with van der Waals surface area (Å²) in [7, 11) is 1.69. The van der Waals surface area contributed by atoms with Crippen molar-refractivity contribution in [1.29, 1.82) is 0 Å². The summed E-state index contributed by atoms with van der Waals surface area (Å²) >= 11 is 7.73. The molecule has 4 nitrogen and oxygen atoms in total. The molecular weight excluding hydrogens is 378 g/mol. The molecule has 136 valence electrons. The van der Waals surface area contributed by atoms with E-state index in [-0.39, 0.29) is 0 Å². The smallest absolute Gasteiger partial charge is 0.169 e. The van der Waals surface area contributed by atoms with Crippen molar-refractivity contribution >= 4 is 34.4 Å². The van der Waals surface area contributed by atoms with Gasteiger partial charge in [0.15, 0.2) is 5.16 Å². The van der Waals surface area contributed by atoms with Gasteiger partial charge >= 0.3 is 0 Å². The van der Waals surface area contributed by atoms with E-state index in [2.05, 4.69) is 21.7 Å². The van der Waals surface area contributed by atoms with Crippen LogP contribution in [0.5, 0.6) is 5.75 Å². The first kappa shape index (κ1) is 17.9. The highest BCUT2D eigenvalue weighted by molar-refractivity contribution is 7.98. The van der Waals surface area contributed by atoms with Gasteiger partial charge in [-0.15, -0.1) is 0 Å². The van der Waals surface area contributed by atoms with E-state index in [0.29, 0.717) is 0 Å². The lowest BCUT2D eigenvalue weighted by Crippen LogP contribution is -2.02. The first-order valence-corrected chi connectivity index (χ1v) is 9.90. The molecule has 0 unspecified atom stereocenters. The summed E-state index contributed by atoms with van der Waals surface area (Å²) in [5.74, 6) is 1.68. The predicted molar refractivity (Wildman–Crippen MR) is 111 cm³/mol. The normalized spacial score (nSPS) is 11.0. The summed E-state index contributed by atoms with van der Waals surface area (Å²) in [6.07, 6.45) is 3.65. The highest BCUT2D eigenvalue weighted by Gasteiger charge is 2.12. The first-order chi connectivity index (χ1) is 13.2. The molecule has 2 aromatic heterocycles. The van der Waals surface area contributed by atoms with Crippen molar-refractivity contribution in [3.05, 3.63) is 83.1 Å². The quantitative estimate of drug-likeness (QED) is 0.408. The second kappa shape index (κ2) is 8.03. The molecule has 0 amide bonds. The zero-order valence-corrected chi connectivity index (χ0v) is 16.4. The molecule has 0 saturated carbocycles. The van der Waals surface area contributed by atoms with Crippen LogP contribution in [-0.4, -0.2) is 21.6 Å². The lowest BCUT2D eigenvalue weighted by Gasteiger charge is -2.10. The van der Waals surface area contributed by atoms with Crippen LogP contribution in [0.15, 0.2) is 72.1 Å². The van der Waals surface area contributed by atoms with Crippen molar-refractivity contribution in [3.63, 3.8) is 0 Å². The fraction of sp³-hybridized carbons (Fsp3) is 0.143. The molecule has 0 spiro atoms. The monoisotopic (exact) mass is 395 g/mol. The maximum absolute atomic E-state index is 6.02. The van der Waals surface area contributed by atoms with Gasteiger partial charge in [0.05, 0.1) is 30.9 Å². The Kier molecular flexibility index (Phi) is 5.32. The number of pyridine rings is 1. The van der Waals surface area contributed by atoms with Crippen LogP contribution < -0.4 is 4.74 Å². The Morgan fingerprint density at radius 2 is 1.93 bits per heavy atom. The van der Waals surface area contributed by atoms with E-state index in [0.717, 1.165) is 39.3 Å². The Bertz CT molecular complexity index is 1060. The zero-order valence-electron chi connectivity index (χ0n) is 14.8. The van der Waals surface area contributed by atoms with E-state index >= 15 is 0 Å². The van der Waals surface area contributed by atoms with Gasteiger partial charge in [0.25, 0.3) is 0 Å². The SMILES string of the molecule is COc1cccc(CSc2nc3ccncc3n2Cc2ccc(Cl)cc2)c1. The average Bonchev–Trinajstić information content (AvgIpc) is 3.06. The molecule has 0 atom stereocenters. The van der Waals surface area contributed by atoms with Crippen LogP contribution >= 0.6 is 23.4 Å². The summed E-state index contributed by atoms with van der Waals surface area (Å²) in [5.41, 5.74) is 4.35. The molecule has 2 aromatic carbocycles. The molecule has 27 heavy (non-hydrogen) atoms. The number of nitrogens with zero attached hydrogens (tertiary/aromatic N) is 3. The Morgan fingerprint density at radius 1 is 1.07 bits per heavy atom. The fourth-order valence-electron chi connectivity index (χ4n) is 2.89. The number of thioether (sulfide) groups is 1. The van der Waals surface area contributed by atoms with E-state index in [1.165, 1.54) is 11.1 Å². The third-order valence-corrected chi connectivity index (χ3v) is 5.57. The minimum Gasteiger partial charge on any atom is -0.497 e. The Balaban J connectivity index is 1.64. The Morgan fingerprint density at radius 3 is 2.74 bits per heavy atom. The molecular formula is C21H18ClN3OS. The van der Waals surface area contributed by atoms with Gasteiger partial charge in [-0.2, -0.15) is 0 Å². The van der Waals surface area contributed by atoms with Crippen molar-refractivity contribution in [1.82, 2.24) is 14.5 Å². The topological polar surface area (TPSA) is 39.9 Å². The van der Waals surface area contributed by atoms with Gasteiger partial charge in [-0.3, -0.25) is 4.98 Å². The lowest BCUT2D eigenvalue weighted by molar-refractivity contribution is 0.414. The maximum Gasteiger partial charge on any atom is 0.169 e. The van der Waals surface area contributed by atoms with Gasteiger partial charge < -0.3 is 9.30 Å². The standard InChI is InChI=1S/C21H18ClN3OS/c1-26-18-4-2-3-16(11-18)14-27-21-24-19-9-10-23-12-20(19)25(21)13-15-5-7-17(22)8-6-15/h2-12H,13-14H2,1H3. The molecule has 4 aromatic rings. The van der Waals surface area contributed by atoms with Gasteiger partial charge in [-0.1, -0.05) is 47.6 Å². The van der Waals surface area contributed by atoms with Crippen LogP contribution in [-0.2, 0) is 12.3 Å². The van der Waals surface area contributed by atoms with E-state index in [1.807, 2.05) is 48.7 Å². The molecule has 0 radical (unpaired) electrons. The van der Waals surface area contributed by atoms with Crippen molar-refractivity contribution in [2.75, 3.05) is 7.11 Å². The average molecular weight is 396 g/mol. The van der Waals surface area contributed by atoms with Crippen molar-refractivity contribution in [2.24, 2.45) is 0 Å². The van der Waals surface area contributed by atoms with Crippen LogP contribution in [0.25, 0.3) is 11.0 Å². The summed E-state index contributed by atoms with van der Waals surface area (Å²) in [4.78, 5) is 9.09. The number of rotatable bonds is 6. The summed E-state index contributed by atoms with van der Waals surface area (Å²) in [6, 6.07) is 18.0. The van der Waals surface area contributed by atoms with E-state index in [1.54, 1.807) is 25.1 Å². The minimum absolute atomic E-state index is 0.722. The van der Waals surface area contributed by atoms with Crippen LogP contribution in [0, 0.1) is 0 Å². The largest absolute Gasteiger partial charge is 0.497 e. The van der Waals surface area contributed by atoms with Gasteiger partial charge in [-0.05, 0) is 41.5 Å². The molecule has 0 saturated heterocycles. The van der Waals surface area contributed by atoms with Crippen molar-refractivity contribution < 1.29 is 4.74 Å². The molecule has 2 heterocycles. The fourth-order valence-corrected chi connectivity index (χ4v) is 3.98. The molecule has 0 aliphatic carbocycles. The van der Waals surface area contributed by atoms with Crippen molar-refractivity contribution in [3.8, 4) is 5.75 Å². The summed E-state index contributed by atoms with van der Waals surface area (Å²) in [5, 5.41) is 1.71. The van der Waals surface area contributed by atoms with Crippen LogP contribution in [0.4, 0.5) is 0 Å². The second-order valence-electron chi connectivity index (χ2n) is 6.11. The van der Waals surface area contributed by atoms with E-state index in [9.17, 15) is 0 Å². The predicted octanol–water partition coefficient (Wildman–Crippen LogP) is 5.43. The number of halogens is 1. The molecule has 4 rings (SSSR count). The second-order valence-corrected chi connectivity index (χ2v) is 7.49. The number of fused-ring (bicyclic) bond motifs is 1. The minimum atomic E-state index is 0.722. The van der Waals surface area contributed by atoms with Crippen molar-refractivity contribution in [2.45, 2.75) is 17.5 Å². The number of ether oxygens (including phenoxy) is 1. The highest BCUT2D eigenvalue weighted by Crippen LogP contribution is 2.28.